The Bertz CT molecular complexity index is 571. The lowest BCUT2D eigenvalue weighted by Crippen LogP contribution is -2.50. The van der Waals surface area contributed by atoms with Crippen LogP contribution in [0.1, 0.15) is 43.5 Å². The van der Waals surface area contributed by atoms with E-state index < -0.39 is 0 Å². The van der Waals surface area contributed by atoms with Crippen LogP contribution in [0.3, 0.4) is 0 Å². The summed E-state index contributed by atoms with van der Waals surface area (Å²) in [5.74, 6) is 0.851. The van der Waals surface area contributed by atoms with Gasteiger partial charge < -0.3 is 9.80 Å². The Morgan fingerprint density at radius 1 is 1.12 bits per heavy atom. The Morgan fingerprint density at radius 3 is 2.50 bits per heavy atom. The van der Waals surface area contributed by atoms with Crippen molar-refractivity contribution in [1.82, 2.24) is 14.8 Å². The van der Waals surface area contributed by atoms with Gasteiger partial charge in [0.1, 0.15) is 5.01 Å². The third kappa shape index (κ3) is 4.66. The van der Waals surface area contributed by atoms with Crippen LogP contribution in [0.25, 0.3) is 6.08 Å². The lowest BCUT2D eigenvalue weighted by Gasteiger charge is -2.35. The molecule has 0 atom stereocenters. The summed E-state index contributed by atoms with van der Waals surface area (Å²) < 4.78 is 0. The summed E-state index contributed by atoms with van der Waals surface area (Å²) >= 11 is 1.51. The van der Waals surface area contributed by atoms with E-state index in [-0.39, 0.29) is 11.8 Å². The highest BCUT2D eigenvalue weighted by Gasteiger charge is 2.25. The van der Waals surface area contributed by atoms with E-state index in [9.17, 15) is 9.59 Å². The second-order valence-electron chi connectivity index (χ2n) is 6.62. The number of thiazole rings is 1. The van der Waals surface area contributed by atoms with E-state index >= 15 is 0 Å². The molecule has 2 heterocycles. The van der Waals surface area contributed by atoms with Crippen LogP contribution < -0.4 is 0 Å². The largest absolute Gasteiger partial charge is 0.339 e. The molecule has 0 unspecified atom stereocenters. The van der Waals surface area contributed by atoms with Gasteiger partial charge in [0, 0.05) is 50.3 Å². The first-order valence-corrected chi connectivity index (χ1v) is 9.74. The van der Waals surface area contributed by atoms with E-state index in [4.69, 9.17) is 0 Å². The van der Waals surface area contributed by atoms with E-state index in [2.05, 4.69) is 4.98 Å². The van der Waals surface area contributed by atoms with Crippen molar-refractivity contribution in [2.24, 2.45) is 5.92 Å². The number of nitrogens with zero attached hydrogens (tertiary/aromatic N) is 3. The molecule has 0 aromatic carbocycles. The minimum Gasteiger partial charge on any atom is -0.339 e. The summed E-state index contributed by atoms with van der Waals surface area (Å²) in [7, 11) is 0. The first-order chi connectivity index (χ1) is 11.7. The number of piperazine rings is 1. The van der Waals surface area contributed by atoms with Gasteiger partial charge in [0.25, 0.3) is 0 Å². The van der Waals surface area contributed by atoms with Gasteiger partial charge in [-0.05, 0) is 24.8 Å². The number of aromatic nitrogens is 1. The zero-order chi connectivity index (χ0) is 16.8. The molecule has 0 N–H and O–H groups in total. The molecule has 6 heteroatoms. The molecule has 1 aromatic rings. The molecule has 1 aliphatic carbocycles. The topological polar surface area (TPSA) is 53.5 Å². The number of rotatable bonds is 4. The number of hydrogen-bond donors (Lipinski definition) is 0. The molecule has 0 bridgehead atoms. The molecular weight excluding hydrogens is 322 g/mol. The Labute approximate surface area is 147 Å². The molecule has 24 heavy (non-hydrogen) atoms. The van der Waals surface area contributed by atoms with E-state index in [1.807, 2.05) is 15.2 Å². The third-order valence-electron chi connectivity index (χ3n) is 4.95. The smallest absolute Gasteiger partial charge is 0.246 e. The Morgan fingerprint density at radius 2 is 1.83 bits per heavy atom. The van der Waals surface area contributed by atoms with E-state index in [0.29, 0.717) is 38.5 Å². The van der Waals surface area contributed by atoms with E-state index in [0.717, 1.165) is 5.01 Å². The minimum atomic E-state index is 0.00424. The molecule has 5 nitrogen and oxygen atoms in total. The van der Waals surface area contributed by atoms with Crippen molar-refractivity contribution in [2.45, 2.75) is 38.5 Å². The summed E-state index contributed by atoms with van der Waals surface area (Å²) in [6, 6.07) is 0. The average molecular weight is 347 g/mol. The van der Waals surface area contributed by atoms with Crippen LogP contribution in [0.5, 0.6) is 0 Å². The number of carbonyl (C=O) groups is 2. The van der Waals surface area contributed by atoms with Gasteiger partial charge in [-0.15, -0.1) is 11.3 Å². The quantitative estimate of drug-likeness (QED) is 0.787. The molecule has 1 saturated heterocycles. The molecule has 0 radical (unpaired) electrons. The van der Waals surface area contributed by atoms with Crippen molar-refractivity contribution in [3.05, 3.63) is 22.7 Å². The second-order valence-corrected chi connectivity index (χ2v) is 7.54. The molecule has 1 aliphatic heterocycles. The lowest BCUT2D eigenvalue weighted by molar-refractivity contribution is -0.138. The van der Waals surface area contributed by atoms with Crippen molar-refractivity contribution in [2.75, 3.05) is 26.2 Å². The zero-order valence-corrected chi connectivity index (χ0v) is 14.8. The van der Waals surface area contributed by atoms with Crippen molar-refractivity contribution in [1.29, 1.82) is 0 Å². The maximum atomic E-state index is 12.4. The monoisotopic (exact) mass is 347 g/mol. The summed E-state index contributed by atoms with van der Waals surface area (Å²) in [5.41, 5.74) is 0. The molecule has 2 amide bonds. The Balaban J connectivity index is 1.43. The predicted molar refractivity (Wildman–Crippen MR) is 95.5 cm³/mol. The second kappa shape index (κ2) is 8.42. The summed E-state index contributed by atoms with van der Waals surface area (Å²) in [4.78, 5) is 32.5. The molecule has 130 valence electrons. The van der Waals surface area contributed by atoms with Crippen LogP contribution in [-0.4, -0.2) is 52.8 Å². The summed E-state index contributed by atoms with van der Waals surface area (Å²) in [6.07, 6.45) is 12.0. The fourth-order valence-corrected chi connectivity index (χ4v) is 4.04. The van der Waals surface area contributed by atoms with Gasteiger partial charge in [0.2, 0.25) is 11.8 Å². The normalized spacial score (nSPS) is 19.8. The van der Waals surface area contributed by atoms with Gasteiger partial charge in [-0.3, -0.25) is 9.59 Å². The van der Waals surface area contributed by atoms with Crippen LogP contribution in [0.15, 0.2) is 17.7 Å². The molecule has 1 saturated carbocycles. The Hall–Kier alpha value is -1.69. The minimum absolute atomic E-state index is 0.00424. The van der Waals surface area contributed by atoms with E-state index in [1.54, 1.807) is 18.3 Å². The molecule has 3 rings (SSSR count). The summed E-state index contributed by atoms with van der Waals surface area (Å²) in [5, 5.41) is 2.73. The number of hydrogen-bond acceptors (Lipinski definition) is 4. The number of amides is 2. The maximum absolute atomic E-state index is 12.4. The molecule has 2 aliphatic rings. The van der Waals surface area contributed by atoms with Crippen LogP contribution in [0.4, 0.5) is 0 Å². The van der Waals surface area contributed by atoms with E-state index in [1.165, 1.54) is 43.4 Å². The van der Waals surface area contributed by atoms with Gasteiger partial charge in [-0.2, -0.15) is 0 Å². The first-order valence-electron chi connectivity index (χ1n) is 8.86. The highest BCUT2D eigenvalue weighted by Crippen LogP contribution is 2.27. The lowest BCUT2D eigenvalue weighted by atomic mass is 9.86. The van der Waals surface area contributed by atoms with Gasteiger partial charge in [-0.25, -0.2) is 4.98 Å². The fourth-order valence-electron chi connectivity index (χ4n) is 3.51. The molecule has 2 fully saturated rings. The standard InChI is InChI=1S/C18H25N3O2S/c22-17(7-6-16-19-8-13-24-16)20-9-11-21(12-10-20)18(23)14-15-4-2-1-3-5-15/h6-8,13,15H,1-5,9-12,14H2. The average Bonchev–Trinajstić information content (AvgIpc) is 3.14. The Kier molecular flexibility index (Phi) is 6.01. The van der Waals surface area contributed by atoms with Gasteiger partial charge in [0.15, 0.2) is 0 Å². The molecular formula is C18H25N3O2S. The molecule has 1 aromatic heterocycles. The van der Waals surface area contributed by atoms with Gasteiger partial charge in [-0.1, -0.05) is 19.3 Å². The number of carbonyl (C=O) groups excluding carboxylic acids is 2. The van der Waals surface area contributed by atoms with Crippen molar-refractivity contribution >= 4 is 29.2 Å². The van der Waals surface area contributed by atoms with Crippen molar-refractivity contribution < 1.29 is 9.59 Å². The highest BCUT2D eigenvalue weighted by atomic mass is 32.1. The SMILES string of the molecule is O=C(C=Cc1nccs1)N1CCN(C(=O)CC2CCCCC2)CC1. The molecule has 0 spiro atoms. The van der Waals surface area contributed by atoms with Crippen molar-refractivity contribution in [3.8, 4) is 0 Å². The van der Waals surface area contributed by atoms with Gasteiger partial charge in [0.05, 0.1) is 0 Å². The highest BCUT2D eigenvalue weighted by molar-refractivity contribution is 7.10. The van der Waals surface area contributed by atoms with Crippen LogP contribution in [0, 0.1) is 5.92 Å². The van der Waals surface area contributed by atoms with Gasteiger partial charge >= 0.3 is 0 Å². The zero-order valence-electron chi connectivity index (χ0n) is 14.0. The third-order valence-corrected chi connectivity index (χ3v) is 5.69. The fraction of sp³-hybridized carbons (Fsp3) is 0.611. The van der Waals surface area contributed by atoms with Crippen LogP contribution in [-0.2, 0) is 9.59 Å². The predicted octanol–water partition coefficient (Wildman–Crippen LogP) is 2.80. The van der Waals surface area contributed by atoms with Crippen LogP contribution in [0.2, 0.25) is 0 Å². The maximum Gasteiger partial charge on any atom is 0.246 e. The van der Waals surface area contributed by atoms with Crippen LogP contribution >= 0.6 is 11.3 Å². The first kappa shape index (κ1) is 17.1. The van der Waals surface area contributed by atoms with Crippen molar-refractivity contribution in [3.63, 3.8) is 0 Å². The summed E-state index contributed by atoms with van der Waals surface area (Å²) in [6.45, 7) is 2.56.